The molecule has 0 aliphatic rings. The van der Waals surface area contributed by atoms with Gasteiger partial charge in [-0.2, -0.15) is 0 Å². The van der Waals surface area contributed by atoms with E-state index in [2.05, 4.69) is 15.4 Å². The number of furan rings is 1. The van der Waals surface area contributed by atoms with Crippen LogP contribution in [0.5, 0.6) is 0 Å². The van der Waals surface area contributed by atoms with Gasteiger partial charge in [-0.15, -0.1) is 0 Å². The average Bonchev–Trinajstić information content (AvgIpc) is 2.83. The SMILES string of the molecule is COC(=O)c1ccc(C(C)NCC(=O)NC(C)C)o1. The number of carbonyl (C=O) groups excluding carboxylic acids is 2. The molecule has 0 bridgehead atoms. The topological polar surface area (TPSA) is 80.6 Å². The van der Waals surface area contributed by atoms with Gasteiger partial charge in [-0.05, 0) is 32.9 Å². The molecule has 0 aromatic carbocycles. The first kappa shape index (κ1) is 15.2. The highest BCUT2D eigenvalue weighted by Gasteiger charge is 2.15. The van der Waals surface area contributed by atoms with E-state index in [0.29, 0.717) is 5.76 Å². The molecule has 0 saturated heterocycles. The molecule has 6 nitrogen and oxygen atoms in total. The van der Waals surface area contributed by atoms with Gasteiger partial charge in [-0.25, -0.2) is 4.79 Å². The lowest BCUT2D eigenvalue weighted by atomic mass is 10.2. The summed E-state index contributed by atoms with van der Waals surface area (Å²) in [5.74, 6) is 0.133. The van der Waals surface area contributed by atoms with Gasteiger partial charge in [0.05, 0.1) is 19.7 Å². The third-order valence-corrected chi connectivity index (χ3v) is 2.46. The van der Waals surface area contributed by atoms with Gasteiger partial charge in [0, 0.05) is 6.04 Å². The quantitative estimate of drug-likeness (QED) is 0.759. The highest BCUT2D eigenvalue weighted by atomic mass is 16.5. The van der Waals surface area contributed by atoms with Crippen LogP contribution in [0.2, 0.25) is 0 Å². The lowest BCUT2D eigenvalue weighted by Crippen LogP contribution is -2.38. The van der Waals surface area contributed by atoms with Crippen molar-refractivity contribution in [3.8, 4) is 0 Å². The van der Waals surface area contributed by atoms with Crippen LogP contribution in [-0.4, -0.2) is 31.6 Å². The van der Waals surface area contributed by atoms with E-state index in [4.69, 9.17) is 4.42 Å². The zero-order chi connectivity index (χ0) is 14.4. The molecule has 1 aromatic heterocycles. The minimum Gasteiger partial charge on any atom is -0.463 e. The van der Waals surface area contributed by atoms with Gasteiger partial charge in [-0.1, -0.05) is 0 Å². The van der Waals surface area contributed by atoms with Gasteiger partial charge < -0.3 is 14.5 Å². The summed E-state index contributed by atoms with van der Waals surface area (Å²) in [6, 6.07) is 3.17. The predicted octanol–water partition coefficient (Wildman–Crippen LogP) is 1.24. The van der Waals surface area contributed by atoms with Crippen molar-refractivity contribution < 1.29 is 18.7 Å². The number of hydrogen-bond acceptors (Lipinski definition) is 5. The molecule has 0 spiro atoms. The molecule has 106 valence electrons. The summed E-state index contributed by atoms with van der Waals surface area (Å²) in [4.78, 5) is 22.7. The maximum atomic E-state index is 11.5. The molecule has 1 amide bonds. The minimum atomic E-state index is -0.518. The maximum absolute atomic E-state index is 11.5. The van der Waals surface area contributed by atoms with Gasteiger partial charge in [0.1, 0.15) is 5.76 Å². The van der Waals surface area contributed by atoms with E-state index in [1.165, 1.54) is 7.11 Å². The zero-order valence-electron chi connectivity index (χ0n) is 11.6. The standard InChI is InChI=1S/C13H20N2O4/c1-8(2)15-12(16)7-14-9(3)10-5-6-11(19-10)13(17)18-4/h5-6,8-9,14H,7H2,1-4H3,(H,15,16). The van der Waals surface area contributed by atoms with Crippen LogP contribution >= 0.6 is 0 Å². The summed E-state index contributed by atoms with van der Waals surface area (Å²) in [5, 5.41) is 5.79. The summed E-state index contributed by atoms with van der Waals surface area (Å²) in [6.45, 7) is 5.84. The van der Waals surface area contributed by atoms with Crippen molar-refractivity contribution in [3.05, 3.63) is 23.7 Å². The van der Waals surface area contributed by atoms with Crippen LogP contribution in [-0.2, 0) is 9.53 Å². The van der Waals surface area contributed by atoms with Crippen LogP contribution in [0.25, 0.3) is 0 Å². The number of methoxy groups -OCH3 is 1. The average molecular weight is 268 g/mol. The Morgan fingerprint density at radius 2 is 2.00 bits per heavy atom. The van der Waals surface area contributed by atoms with Gasteiger partial charge in [0.2, 0.25) is 11.7 Å². The van der Waals surface area contributed by atoms with Crippen LogP contribution in [0.15, 0.2) is 16.5 Å². The van der Waals surface area contributed by atoms with Crippen molar-refractivity contribution in [2.45, 2.75) is 32.9 Å². The summed E-state index contributed by atoms with van der Waals surface area (Å²) >= 11 is 0. The van der Waals surface area contributed by atoms with E-state index in [-0.39, 0.29) is 30.3 Å². The number of carbonyl (C=O) groups is 2. The molecule has 2 N–H and O–H groups in total. The molecule has 1 aromatic rings. The lowest BCUT2D eigenvalue weighted by molar-refractivity contribution is -0.120. The fourth-order valence-corrected chi connectivity index (χ4v) is 1.52. The van der Waals surface area contributed by atoms with Crippen molar-refractivity contribution in [2.75, 3.05) is 13.7 Å². The molecule has 0 radical (unpaired) electrons. The van der Waals surface area contributed by atoms with Crippen molar-refractivity contribution in [2.24, 2.45) is 0 Å². The molecule has 6 heteroatoms. The van der Waals surface area contributed by atoms with Gasteiger partial charge in [-0.3, -0.25) is 10.1 Å². The number of esters is 1. The smallest absolute Gasteiger partial charge is 0.373 e. The van der Waals surface area contributed by atoms with Crippen molar-refractivity contribution in [1.29, 1.82) is 0 Å². The second-order valence-electron chi connectivity index (χ2n) is 4.52. The van der Waals surface area contributed by atoms with Gasteiger partial charge in [0.25, 0.3) is 0 Å². The Labute approximate surface area is 112 Å². The fourth-order valence-electron chi connectivity index (χ4n) is 1.52. The van der Waals surface area contributed by atoms with Crippen molar-refractivity contribution in [3.63, 3.8) is 0 Å². The van der Waals surface area contributed by atoms with Crippen LogP contribution in [0.4, 0.5) is 0 Å². The Kier molecular flexibility index (Phi) is 5.57. The van der Waals surface area contributed by atoms with Crippen molar-refractivity contribution in [1.82, 2.24) is 10.6 Å². The first-order valence-corrected chi connectivity index (χ1v) is 6.14. The lowest BCUT2D eigenvalue weighted by Gasteiger charge is -2.12. The number of amides is 1. The van der Waals surface area contributed by atoms with E-state index < -0.39 is 5.97 Å². The third-order valence-electron chi connectivity index (χ3n) is 2.46. The third kappa shape index (κ3) is 4.75. The predicted molar refractivity (Wildman–Crippen MR) is 69.7 cm³/mol. The first-order valence-electron chi connectivity index (χ1n) is 6.14. The highest BCUT2D eigenvalue weighted by Crippen LogP contribution is 2.16. The Morgan fingerprint density at radius 3 is 2.58 bits per heavy atom. The molecular formula is C13H20N2O4. The van der Waals surface area contributed by atoms with E-state index in [0.717, 1.165) is 0 Å². The largest absolute Gasteiger partial charge is 0.463 e. The highest BCUT2D eigenvalue weighted by molar-refractivity contribution is 5.86. The normalized spacial score (nSPS) is 12.3. The van der Waals surface area contributed by atoms with Gasteiger partial charge in [0.15, 0.2) is 0 Å². The Bertz CT molecular complexity index is 440. The number of nitrogens with one attached hydrogen (secondary N) is 2. The Balaban J connectivity index is 2.49. The van der Waals surface area contributed by atoms with Crippen LogP contribution < -0.4 is 10.6 Å². The number of rotatable bonds is 6. The Hall–Kier alpha value is -1.82. The van der Waals surface area contributed by atoms with E-state index in [9.17, 15) is 9.59 Å². The summed E-state index contributed by atoms with van der Waals surface area (Å²) in [6.07, 6.45) is 0. The molecule has 0 saturated carbocycles. The number of ether oxygens (including phenoxy) is 1. The molecule has 1 unspecified atom stereocenters. The molecule has 1 heterocycles. The molecule has 1 rings (SSSR count). The fraction of sp³-hybridized carbons (Fsp3) is 0.538. The molecule has 0 fully saturated rings. The minimum absolute atomic E-state index is 0.0819. The molecule has 0 aliphatic carbocycles. The maximum Gasteiger partial charge on any atom is 0.373 e. The molecule has 19 heavy (non-hydrogen) atoms. The zero-order valence-corrected chi connectivity index (χ0v) is 11.6. The molecule has 1 atom stereocenters. The second-order valence-corrected chi connectivity index (χ2v) is 4.52. The van der Waals surface area contributed by atoms with Crippen molar-refractivity contribution >= 4 is 11.9 Å². The van der Waals surface area contributed by atoms with E-state index in [1.807, 2.05) is 20.8 Å². The number of hydrogen-bond donors (Lipinski definition) is 2. The summed E-state index contributed by atoms with van der Waals surface area (Å²) in [5.41, 5.74) is 0. The molecular weight excluding hydrogens is 248 g/mol. The van der Waals surface area contributed by atoms with Gasteiger partial charge >= 0.3 is 5.97 Å². The van der Waals surface area contributed by atoms with Crippen LogP contribution in [0, 0.1) is 0 Å². The monoisotopic (exact) mass is 268 g/mol. The summed E-state index contributed by atoms with van der Waals surface area (Å²) < 4.78 is 9.90. The Morgan fingerprint density at radius 1 is 1.32 bits per heavy atom. The first-order chi connectivity index (χ1) is 8.93. The second kappa shape index (κ2) is 6.94. The van der Waals surface area contributed by atoms with Crippen LogP contribution in [0.3, 0.4) is 0 Å². The van der Waals surface area contributed by atoms with Crippen LogP contribution in [0.1, 0.15) is 43.1 Å². The van der Waals surface area contributed by atoms with E-state index in [1.54, 1.807) is 12.1 Å². The van der Waals surface area contributed by atoms with E-state index >= 15 is 0 Å². The molecule has 0 aliphatic heterocycles. The summed E-state index contributed by atoms with van der Waals surface area (Å²) in [7, 11) is 1.29.